The van der Waals surface area contributed by atoms with Gasteiger partial charge in [-0.05, 0) is 73.0 Å². The molecule has 0 aliphatic carbocycles. The third-order valence-corrected chi connectivity index (χ3v) is 17.9. The highest BCUT2D eigenvalue weighted by molar-refractivity contribution is 7.99. The number of rotatable bonds is 60. The van der Waals surface area contributed by atoms with Gasteiger partial charge in [0, 0.05) is 0 Å². The molecule has 0 fully saturated rings. The summed E-state index contributed by atoms with van der Waals surface area (Å²) in [6, 6.07) is 0. The fourth-order valence-corrected chi connectivity index (χ4v) is 12.7. The lowest BCUT2D eigenvalue weighted by Crippen LogP contribution is -2.06. The Morgan fingerprint density at radius 2 is 0.385 bits per heavy atom. The van der Waals surface area contributed by atoms with E-state index in [-0.39, 0.29) is 0 Å². The average Bonchev–Trinajstić information content (AvgIpc) is 3.31. The third kappa shape index (κ3) is 57.6. The first-order chi connectivity index (χ1) is 32.2. The van der Waals surface area contributed by atoms with Gasteiger partial charge in [-0.3, -0.25) is 13.6 Å². The molecule has 4 nitrogen and oxygen atoms in total. The Labute approximate surface area is 422 Å². The van der Waals surface area contributed by atoms with Crippen molar-refractivity contribution in [3.05, 3.63) is 0 Å². The fourth-order valence-electron chi connectivity index (χ4n) is 8.63. The highest BCUT2D eigenvalue weighted by Gasteiger charge is 2.26. The predicted molar refractivity (Wildman–Crippen MR) is 302 cm³/mol. The summed E-state index contributed by atoms with van der Waals surface area (Å²) in [4.78, 5) is 0. The molecule has 0 heterocycles. The van der Waals surface area contributed by atoms with Crippen LogP contribution in [-0.4, -0.2) is 54.3 Å². The fraction of sp³-hybridized carbons (Fsp3) is 1.00. The summed E-state index contributed by atoms with van der Waals surface area (Å²) in [6.07, 6.45) is 61.8. The number of hydrogen-bond donors (Lipinski definition) is 0. The lowest BCUT2D eigenvalue weighted by atomic mass is 10.0. The highest BCUT2D eigenvalue weighted by Crippen LogP contribution is 2.50. The number of phosphoric acid groups is 1. The standard InChI is InChI=1S/C57H117O4PS3/c1-4-7-10-13-16-19-22-25-28-31-34-37-40-43-52-63-55-46-49-59-62(58,60-50-47-56-64-53-44-41-38-35-32-29-26-23-20-17-14-11-8-5-2)61-51-48-57-65-54-45-42-39-36-33-30-27-24-21-18-15-12-9-6-3/h4-57H2,1-3H3. The lowest BCUT2D eigenvalue weighted by molar-refractivity contribution is 0.114. The topological polar surface area (TPSA) is 44.8 Å². The van der Waals surface area contributed by atoms with Gasteiger partial charge in [0.2, 0.25) is 0 Å². The summed E-state index contributed by atoms with van der Waals surface area (Å²) in [5.41, 5.74) is 0. The summed E-state index contributed by atoms with van der Waals surface area (Å²) in [7, 11) is -3.52. The third-order valence-electron chi connectivity index (χ3n) is 13.0. The predicted octanol–water partition coefficient (Wildman–Crippen LogP) is 22.0. The van der Waals surface area contributed by atoms with E-state index < -0.39 is 7.82 Å². The molecule has 0 aromatic carbocycles. The van der Waals surface area contributed by atoms with Crippen molar-refractivity contribution in [2.45, 2.75) is 310 Å². The first kappa shape index (κ1) is 66.2. The molecule has 0 amide bonds. The van der Waals surface area contributed by atoms with Crippen LogP contribution in [0.15, 0.2) is 0 Å². The van der Waals surface area contributed by atoms with E-state index in [2.05, 4.69) is 20.8 Å². The number of unbranched alkanes of at least 4 members (excludes halogenated alkanes) is 39. The van der Waals surface area contributed by atoms with Crippen LogP contribution in [0.2, 0.25) is 0 Å². The molecule has 0 spiro atoms. The number of hydrogen-bond acceptors (Lipinski definition) is 7. The minimum absolute atomic E-state index is 0.449. The van der Waals surface area contributed by atoms with Gasteiger partial charge in [0.1, 0.15) is 0 Å². The maximum atomic E-state index is 13.7. The van der Waals surface area contributed by atoms with Crippen LogP contribution in [0.25, 0.3) is 0 Å². The molecule has 0 saturated carbocycles. The van der Waals surface area contributed by atoms with E-state index in [0.29, 0.717) is 19.8 Å². The van der Waals surface area contributed by atoms with E-state index in [9.17, 15) is 4.57 Å². The summed E-state index contributed by atoms with van der Waals surface area (Å²) >= 11 is 6.04. The van der Waals surface area contributed by atoms with E-state index in [1.807, 2.05) is 35.3 Å². The molecule has 0 aromatic heterocycles. The summed E-state index contributed by atoms with van der Waals surface area (Å²) in [6.45, 7) is 8.24. The van der Waals surface area contributed by atoms with Crippen LogP contribution < -0.4 is 0 Å². The molecule has 0 N–H and O–H groups in total. The van der Waals surface area contributed by atoms with Crippen molar-refractivity contribution < 1.29 is 18.1 Å². The monoisotopic (exact) mass is 993 g/mol. The van der Waals surface area contributed by atoms with Crippen LogP contribution in [0.3, 0.4) is 0 Å². The summed E-state index contributed by atoms with van der Waals surface area (Å²) < 4.78 is 31.4. The van der Waals surface area contributed by atoms with E-state index in [4.69, 9.17) is 13.6 Å². The molecule has 0 unspecified atom stereocenters. The minimum Gasteiger partial charge on any atom is -0.287 e. The summed E-state index contributed by atoms with van der Waals surface area (Å²) in [5.74, 6) is 6.79. The SMILES string of the molecule is CCCCCCCCCCCCCCCCSCCCOP(=O)(OCCCSCCCCCCCCCCCCCCCC)OCCCSCCCCCCCCCCCCCCCC. The maximum Gasteiger partial charge on any atom is 0.474 e. The minimum atomic E-state index is -3.52. The van der Waals surface area contributed by atoms with Crippen molar-refractivity contribution in [2.24, 2.45) is 0 Å². The molecule has 0 aliphatic heterocycles. The van der Waals surface area contributed by atoms with Crippen LogP contribution >= 0.6 is 43.1 Å². The molecular formula is C57H117O4PS3. The first-order valence-electron chi connectivity index (χ1n) is 29.4. The molecule has 65 heavy (non-hydrogen) atoms. The van der Waals surface area contributed by atoms with E-state index in [1.54, 1.807) is 0 Å². The zero-order valence-corrected chi connectivity index (χ0v) is 47.8. The van der Waals surface area contributed by atoms with Crippen LogP contribution in [0.5, 0.6) is 0 Å². The second-order valence-electron chi connectivity index (χ2n) is 19.6. The molecule has 0 aromatic rings. The Bertz CT molecular complexity index is 789. The Morgan fingerprint density at radius 3 is 0.569 bits per heavy atom. The van der Waals surface area contributed by atoms with Crippen molar-refractivity contribution in [1.29, 1.82) is 0 Å². The van der Waals surface area contributed by atoms with Gasteiger partial charge in [0.15, 0.2) is 0 Å². The van der Waals surface area contributed by atoms with Crippen LogP contribution in [0.1, 0.15) is 310 Å². The van der Waals surface area contributed by atoms with E-state index >= 15 is 0 Å². The zero-order valence-electron chi connectivity index (χ0n) is 44.5. The Morgan fingerprint density at radius 1 is 0.231 bits per heavy atom. The first-order valence-corrected chi connectivity index (χ1v) is 34.4. The quantitative estimate of drug-likeness (QED) is 0.0444. The zero-order chi connectivity index (χ0) is 46.9. The van der Waals surface area contributed by atoms with Crippen LogP contribution in [0, 0.1) is 0 Å². The molecule has 0 radical (unpaired) electrons. The highest BCUT2D eigenvalue weighted by atomic mass is 32.2. The molecule has 0 saturated heterocycles. The normalized spacial score (nSPS) is 12.0. The van der Waals surface area contributed by atoms with Gasteiger partial charge < -0.3 is 0 Å². The van der Waals surface area contributed by atoms with Gasteiger partial charge in [-0.2, -0.15) is 35.3 Å². The molecule has 0 rings (SSSR count). The van der Waals surface area contributed by atoms with Crippen molar-refractivity contribution >= 4 is 43.1 Å². The van der Waals surface area contributed by atoms with E-state index in [1.165, 1.54) is 287 Å². The van der Waals surface area contributed by atoms with Gasteiger partial charge in [-0.25, -0.2) is 4.57 Å². The molecule has 392 valence electrons. The van der Waals surface area contributed by atoms with Crippen molar-refractivity contribution in [2.75, 3.05) is 54.3 Å². The van der Waals surface area contributed by atoms with Crippen molar-refractivity contribution in [3.8, 4) is 0 Å². The Kier molecular flexibility index (Phi) is 60.5. The molecule has 8 heteroatoms. The van der Waals surface area contributed by atoms with E-state index in [0.717, 1.165) is 36.5 Å². The molecule has 0 bridgehead atoms. The smallest absolute Gasteiger partial charge is 0.287 e. The molecular weight excluding hydrogens is 876 g/mol. The van der Waals surface area contributed by atoms with Crippen LogP contribution in [0.4, 0.5) is 0 Å². The van der Waals surface area contributed by atoms with Crippen molar-refractivity contribution in [1.82, 2.24) is 0 Å². The Hall–Kier alpha value is 1.16. The van der Waals surface area contributed by atoms with Gasteiger partial charge in [0.05, 0.1) is 19.8 Å². The maximum absolute atomic E-state index is 13.7. The lowest BCUT2D eigenvalue weighted by Gasteiger charge is -2.18. The molecule has 0 aliphatic rings. The second-order valence-corrected chi connectivity index (χ2v) is 25.0. The largest absolute Gasteiger partial charge is 0.474 e. The van der Waals surface area contributed by atoms with Gasteiger partial charge in [-0.15, -0.1) is 0 Å². The van der Waals surface area contributed by atoms with Crippen LogP contribution in [-0.2, 0) is 18.1 Å². The Balaban J connectivity index is 4.08. The number of phosphoric ester groups is 1. The average molecular weight is 994 g/mol. The van der Waals surface area contributed by atoms with Gasteiger partial charge in [-0.1, -0.05) is 271 Å². The molecule has 0 atom stereocenters. The van der Waals surface area contributed by atoms with Crippen molar-refractivity contribution in [3.63, 3.8) is 0 Å². The van der Waals surface area contributed by atoms with Gasteiger partial charge in [0.25, 0.3) is 0 Å². The van der Waals surface area contributed by atoms with Gasteiger partial charge >= 0.3 is 7.82 Å². The second kappa shape index (κ2) is 59.5. The summed E-state index contributed by atoms with van der Waals surface area (Å²) in [5, 5.41) is 0. The number of thioether (sulfide) groups is 3.